The van der Waals surface area contributed by atoms with E-state index in [1.807, 2.05) is 48.3 Å². The molecule has 0 aliphatic rings. The van der Waals surface area contributed by atoms with Gasteiger partial charge >= 0.3 is 0 Å². The molecule has 0 fully saturated rings. The molecule has 0 amide bonds. The molecule has 0 unspecified atom stereocenters. The number of hydrogen-bond donors (Lipinski definition) is 0. The minimum absolute atomic E-state index is 0.626. The molecule has 4 nitrogen and oxygen atoms in total. The highest BCUT2D eigenvalue weighted by atomic mass is 15.2. The summed E-state index contributed by atoms with van der Waals surface area (Å²) in [6, 6.07) is 15.5. The number of hydrogen-bond acceptors (Lipinski definition) is 4. The second-order valence-electron chi connectivity index (χ2n) is 4.43. The third-order valence-electron chi connectivity index (χ3n) is 3.20. The summed E-state index contributed by atoms with van der Waals surface area (Å²) in [4.78, 5) is 10.6. The molecule has 2 aromatic heterocycles. The number of rotatable bonds is 2. The molecule has 3 rings (SSSR count). The van der Waals surface area contributed by atoms with Crippen LogP contribution in [-0.4, -0.2) is 17.0 Å². The number of pyridine rings is 2. The van der Waals surface area contributed by atoms with Crippen molar-refractivity contribution >= 4 is 22.4 Å². The Morgan fingerprint density at radius 1 is 1.15 bits per heavy atom. The van der Waals surface area contributed by atoms with Crippen molar-refractivity contribution in [3.05, 3.63) is 60.4 Å². The van der Waals surface area contributed by atoms with Crippen molar-refractivity contribution in [2.24, 2.45) is 0 Å². The first-order valence-electron chi connectivity index (χ1n) is 6.23. The van der Waals surface area contributed by atoms with Crippen LogP contribution in [0.25, 0.3) is 10.9 Å². The molecule has 0 N–H and O–H groups in total. The molecule has 2 heterocycles. The van der Waals surface area contributed by atoms with Gasteiger partial charge in [-0.1, -0.05) is 18.2 Å². The van der Waals surface area contributed by atoms with E-state index in [0.29, 0.717) is 5.56 Å². The van der Waals surface area contributed by atoms with Gasteiger partial charge < -0.3 is 4.90 Å². The first-order valence-corrected chi connectivity index (χ1v) is 6.23. The van der Waals surface area contributed by atoms with Crippen LogP contribution >= 0.6 is 0 Å². The first-order chi connectivity index (χ1) is 9.79. The van der Waals surface area contributed by atoms with Crippen LogP contribution in [-0.2, 0) is 0 Å². The van der Waals surface area contributed by atoms with Crippen molar-refractivity contribution < 1.29 is 0 Å². The van der Waals surface area contributed by atoms with Crippen LogP contribution < -0.4 is 4.90 Å². The van der Waals surface area contributed by atoms with Gasteiger partial charge in [-0.2, -0.15) is 5.26 Å². The summed E-state index contributed by atoms with van der Waals surface area (Å²) in [6.45, 7) is 0. The highest BCUT2D eigenvalue weighted by Crippen LogP contribution is 2.25. The lowest BCUT2D eigenvalue weighted by molar-refractivity contribution is 1.13. The lowest BCUT2D eigenvalue weighted by Crippen LogP contribution is -2.11. The normalized spacial score (nSPS) is 10.2. The van der Waals surface area contributed by atoms with E-state index in [2.05, 4.69) is 16.0 Å². The molecule has 1 aromatic carbocycles. The number of nitrogens with zero attached hydrogens (tertiary/aromatic N) is 4. The van der Waals surface area contributed by atoms with Crippen molar-refractivity contribution in [3.8, 4) is 6.07 Å². The van der Waals surface area contributed by atoms with Gasteiger partial charge in [-0.25, -0.2) is 4.98 Å². The molecule has 3 aromatic rings. The zero-order valence-electron chi connectivity index (χ0n) is 11.0. The molecule has 20 heavy (non-hydrogen) atoms. The van der Waals surface area contributed by atoms with Crippen LogP contribution in [0.2, 0.25) is 0 Å². The Morgan fingerprint density at radius 2 is 2.00 bits per heavy atom. The van der Waals surface area contributed by atoms with Gasteiger partial charge in [-0.15, -0.1) is 0 Å². The van der Waals surface area contributed by atoms with Crippen molar-refractivity contribution in [1.82, 2.24) is 9.97 Å². The van der Waals surface area contributed by atoms with Gasteiger partial charge in [-0.3, -0.25) is 4.98 Å². The van der Waals surface area contributed by atoms with Gasteiger partial charge in [-0.05, 0) is 24.3 Å². The molecule has 0 bridgehead atoms. The summed E-state index contributed by atoms with van der Waals surface area (Å²) in [6.07, 6.45) is 3.49. The van der Waals surface area contributed by atoms with Crippen molar-refractivity contribution in [1.29, 1.82) is 5.26 Å². The predicted molar refractivity (Wildman–Crippen MR) is 78.8 cm³/mol. The van der Waals surface area contributed by atoms with Crippen molar-refractivity contribution in [2.75, 3.05) is 11.9 Å². The van der Waals surface area contributed by atoms with Crippen molar-refractivity contribution in [3.63, 3.8) is 0 Å². The average molecular weight is 260 g/mol. The summed E-state index contributed by atoms with van der Waals surface area (Å²) >= 11 is 0. The number of aromatic nitrogens is 2. The standard InChI is InChI=1S/C16H12N4/c1-20(13-5-4-8-18-11-13)16-9-12(10-17)14-6-2-3-7-15(14)19-16/h2-9,11H,1H3. The van der Waals surface area contributed by atoms with Crippen LogP contribution in [0.3, 0.4) is 0 Å². The van der Waals surface area contributed by atoms with E-state index in [9.17, 15) is 5.26 Å². The van der Waals surface area contributed by atoms with Gasteiger partial charge in [0.15, 0.2) is 0 Å². The number of fused-ring (bicyclic) bond motifs is 1. The Labute approximate surface area is 116 Å². The lowest BCUT2D eigenvalue weighted by Gasteiger charge is -2.18. The highest BCUT2D eigenvalue weighted by Gasteiger charge is 2.10. The Kier molecular flexibility index (Phi) is 3.02. The molecule has 0 spiro atoms. The average Bonchev–Trinajstić information content (AvgIpc) is 2.54. The molecular weight excluding hydrogens is 248 g/mol. The predicted octanol–water partition coefficient (Wildman–Crippen LogP) is 3.27. The van der Waals surface area contributed by atoms with Crippen LogP contribution in [0.5, 0.6) is 0 Å². The van der Waals surface area contributed by atoms with Gasteiger partial charge in [0.1, 0.15) is 5.82 Å². The second kappa shape index (κ2) is 4.98. The number of para-hydroxylation sites is 1. The summed E-state index contributed by atoms with van der Waals surface area (Å²) in [5.74, 6) is 0.730. The van der Waals surface area contributed by atoms with E-state index in [-0.39, 0.29) is 0 Å². The number of anilines is 2. The SMILES string of the molecule is CN(c1cccnc1)c1cc(C#N)c2ccccc2n1. The van der Waals surface area contributed by atoms with E-state index < -0.39 is 0 Å². The quantitative estimate of drug-likeness (QED) is 0.709. The first kappa shape index (κ1) is 12.1. The molecule has 96 valence electrons. The molecule has 0 atom stereocenters. The minimum atomic E-state index is 0.626. The minimum Gasteiger partial charge on any atom is -0.328 e. The maximum atomic E-state index is 9.30. The third-order valence-corrected chi connectivity index (χ3v) is 3.20. The third kappa shape index (κ3) is 2.06. The molecule has 4 heteroatoms. The molecule has 0 radical (unpaired) electrons. The Hall–Kier alpha value is -2.93. The van der Waals surface area contributed by atoms with Gasteiger partial charge in [0, 0.05) is 18.6 Å². The molecule has 0 saturated heterocycles. The van der Waals surface area contributed by atoms with E-state index in [1.54, 1.807) is 18.5 Å². The van der Waals surface area contributed by atoms with E-state index in [4.69, 9.17) is 0 Å². The zero-order valence-corrected chi connectivity index (χ0v) is 11.0. The Bertz CT molecular complexity index is 790. The molecule has 0 aliphatic carbocycles. The van der Waals surface area contributed by atoms with Gasteiger partial charge in [0.05, 0.1) is 29.0 Å². The maximum Gasteiger partial charge on any atom is 0.134 e. The molecule has 0 aliphatic heterocycles. The van der Waals surface area contributed by atoms with Crippen molar-refractivity contribution in [2.45, 2.75) is 0 Å². The van der Waals surface area contributed by atoms with E-state index in [1.165, 1.54) is 0 Å². The summed E-state index contributed by atoms with van der Waals surface area (Å²) in [7, 11) is 1.91. The molecule has 0 saturated carbocycles. The number of benzene rings is 1. The zero-order chi connectivity index (χ0) is 13.9. The number of nitriles is 1. The fraction of sp³-hybridized carbons (Fsp3) is 0.0625. The largest absolute Gasteiger partial charge is 0.328 e. The van der Waals surface area contributed by atoms with Gasteiger partial charge in [0.2, 0.25) is 0 Å². The summed E-state index contributed by atoms with van der Waals surface area (Å²) < 4.78 is 0. The lowest BCUT2D eigenvalue weighted by atomic mass is 10.1. The Balaban J connectivity index is 2.16. The van der Waals surface area contributed by atoms with Crippen LogP contribution in [0, 0.1) is 11.3 Å². The summed E-state index contributed by atoms with van der Waals surface area (Å²) in [5, 5.41) is 10.2. The summed E-state index contributed by atoms with van der Waals surface area (Å²) in [5.41, 5.74) is 2.37. The fourth-order valence-electron chi connectivity index (χ4n) is 2.11. The fourth-order valence-corrected chi connectivity index (χ4v) is 2.11. The molecular formula is C16H12N4. The highest BCUT2D eigenvalue weighted by molar-refractivity contribution is 5.87. The van der Waals surface area contributed by atoms with E-state index >= 15 is 0 Å². The smallest absolute Gasteiger partial charge is 0.134 e. The van der Waals surface area contributed by atoms with Gasteiger partial charge in [0.25, 0.3) is 0 Å². The van der Waals surface area contributed by atoms with Crippen LogP contribution in [0.4, 0.5) is 11.5 Å². The van der Waals surface area contributed by atoms with Crippen LogP contribution in [0.1, 0.15) is 5.56 Å². The monoisotopic (exact) mass is 260 g/mol. The van der Waals surface area contributed by atoms with Crippen LogP contribution in [0.15, 0.2) is 54.9 Å². The second-order valence-corrected chi connectivity index (χ2v) is 4.43. The topological polar surface area (TPSA) is 52.8 Å². The maximum absolute atomic E-state index is 9.30. The Morgan fingerprint density at radius 3 is 2.75 bits per heavy atom. The van der Waals surface area contributed by atoms with E-state index in [0.717, 1.165) is 22.4 Å².